The highest BCUT2D eigenvalue weighted by molar-refractivity contribution is 7.94. The maximum Gasteiger partial charge on any atom is 0.152 e. The normalized spacial score (nSPS) is 12.0. The number of azo groups is 2. The van der Waals surface area contributed by atoms with Crippen molar-refractivity contribution in [3.8, 4) is 5.75 Å². The Hall–Kier alpha value is -2.07. The molecule has 2 aromatic carbocycles. The van der Waals surface area contributed by atoms with Gasteiger partial charge in [-0.05, 0) is 18.6 Å². The minimum atomic E-state index is -0.0697. The maximum atomic E-state index is 10.4. The number of nitrogens with zero attached hydrogens (tertiary/aromatic N) is 4. The molecule has 0 radical (unpaired) electrons. The Morgan fingerprint density at radius 2 is 1.73 bits per heavy atom. The van der Waals surface area contributed by atoms with Gasteiger partial charge in [0.25, 0.3) is 0 Å². The Morgan fingerprint density at radius 1 is 1.05 bits per heavy atom. The standard InChI is InChI=1S/C13H14N4O4S/c1-7-4-5-8-9(11(7)16-14-2)6-10(22-21-20-19)12(13(8)18)17-15-3/h4-6,18-19H,1-3H3. The molecule has 116 valence electrons. The van der Waals surface area contributed by atoms with Crippen LogP contribution in [0.15, 0.2) is 43.6 Å². The third-order valence-electron chi connectivity index (χ3n) is 2.96. The summed E-state index contributed by atoms with van der Waals surface area (Å²) in [5.74, 6) is -0.0697. The van der Waals surface area contributed by atoms with Crippen LogP contribution in [0.25, 0.3) is 10.8 Å². The van der Waals surface area contributed by atoms with Gasteiger partial charge in [-0.25, -0.2) is 5.26 Å². The van der Waals surface area contributed by atoms with Crippen LogP contribution in [0.3, 0.4) is 0 Å². The van der Waals surface area contributed by atoms with Crippen molar-refractivity contribution in [2.75, 3.05) is 14.1 Å². The summed E-state index contributed by atoms with van der Waals surface area (Å²) in [5.41, 5.74) is 1.74. The molecule has 0 heterocycles. The Labute approximate surface area is 130 Å². The SMILES string of the molecule is CN=Nc1c(SOOO)cc2c(N=NC)c(C)ccc2c1O. The molecule has 0 aliphatic carbocycles. The summed E-state index contributed by atoms with van der Waals surface area (Å²) in [6.45, 7) is 1.89. The van der Waals surface area contributed by atoms with E-state index in [9.17, 15) is 5.11 Å². The third kappa shape index (κ3) is 3.07. The summed E-state index contributed by atoms with van der Waals surface area (Å²) in [5, 5.41) is 39.1. The molecule has 0 fully saturated rings. The van der Waals surface area contributed by atoms with Crippen molar-refractivity contribution in [3.63, 3.8) is 0 Å². The van der Waals surface area contributed by atoms with Crippen LogP contribution in [0.4, 0.5) is 11.4 Å². The van der Waals surface area contributed by atoms with Crippen molar-refractivity contribution in [1.82, 2.24) is 0 Å². The molecule has 9 heteroatoms. The smallest absolute Gasteiger partial charge is 0.152 e. The fourth-order valence-corrected chi connectivity index (χ4v) is 2.54. The first kappa shape index (κ1) is 16.3. The predicted molar refractivity (Wildman–Crippen MR) is 81.9 cm³/mol. The maximum absolute atomic E-state index is 10.4. The van der Waals surface area contributed by atoms with Crippen LogP contribution in [0, 0.1) is 6.92 Å². The molecule has 0 unspecified atom stereocenters. The van der Waals surface area contributed by atoms with Gasteiger partial charge < -0.3 is 5.11 Å². The quantitative estimate of drug-likeness (QED) is 0.358. The number of hydrogen-bond donors (Lipinski definition) is 2. The van der Waals surface area contributed by atoms with E-state index in [4.69, 9.17) is 5.26 Å². The van der Waals surface area contributed by atoms with Crippen LogP contribution >= 0.6 is 12.0 Å². The Kier molecular flexibility index (Phi) is 5.39. The van der Waals surface area contributed by atoms with E-state index in [0.29, 0.717) is 33.4 Å². The highest BCUT2D eigenvalue weighted by Crippen LogP contribution is 2.46. The molecule has 0 aliphatic heterocycles. The summed E-state index contributed by atoms with van der Waals surface area (Å²) < 4.78 is 4.45. The van der Waals surface area contributed by atoms with Gasteiger partial charge in [0.2, 0.25) is 0 Å². The van der Waals surface area contributed by atoms with Crippen molar-refractivity contribution in [2.24, 2.45) is 20.5 Å². The number of phenolic OH excluding ortho intramolecular Hbond substituents is 1. The first-order valence-electron chi connectivity index (χ1n) is 6.17. The number of hydrogen-bond acceptors (Lipinski definition) is 9. The Bertz CT molecular complexity index is 749. The van der Waals surface area contributed by atoms with Gasteiger partial charge in [0.05, 0.1) is 22.6 Å². The molecule has 0 saturated carbocycles. The number of benzene rings is 2. The first-order chi connectivity index (χ1) is 10.6. The molecule has 0 aromatic heterocycles. The topological polar surface area (TPSA) is 108 Å². The lowest BCUT2D eigenvalue weighted by Crippen LogP contribution is -1.85. The van der Waals surface area contributed by atoms with E-state index in [1.807, 2.05) is 13.0 Å². The lowest BCUT2D eigenvalue weighted by Gasteiger charge is -2.11. The first-order valence-corrected chi connectivity index (χ1v) is 6.91. The van der Waals surface area contributed by atoms with Crippen LogP contribution < -0.4 is 0 Å². The van der Waals surface area contributed by atoms with Gasteiger partial charge in [-0.3, -0.25) is 0 Å². The van der Waals surface area contributed by atoms with E-state index in [1.165, 1.54) is 7.05 Å². The summed E-state index contributed by atoms with van der Waals surface area (Å²) in [6, 6.07) is 5.31. The fourth-order valence-electron chi connectivity index (χ4n) is 2.06. The summed E-state index contributed by atoms with van der Waals surface area (Å²) in [6.07, 6.45) is 0. The highest BCUT2D eigenvalue weighted by atomic mass is 32.2. The van der Waals surface area contributed by atoms with Gasteiger partial charge in [-0.2, -0.15) is 20.5 Å². The van der Waals surface area contributed by atoms with E-state index in [2.05, 4.69) is 29.8 Å². The molecule has 22 heavy (non-hydrogen) atoms. The molecule has 2 N–H and O–H groups in total. The second-order valence-electron chi connectivity index (χ2n) is 4.22. The van der Waals surface area contributed by atoms with Crippen molar-refractivity contribution < 1.29 is 19.7 Å². The monoisotopic (exact) mass is 322 g/mol. The number of fused-ring (bicyclic) bond motifs is 1. The molecule has 0 saturated heterocycles. The van der Waals surface area contributed by atoms with Crippen LogP contribution in [-0.2, 0) is 9.37 Å². The van der Waals surface area contributed by atoms with Gasteiger partial charge in [0.1, 0.15) is 5.69 Å². The van der Waals surface area contributed by atoms with Crippen molar-refractivity contribution in [3.05, 3.63) is 23.8 Å². The highest BCUT2D eigenvalue weighted by Gasteiger charge is 2.17. The summed E-state index contributed by atoms with van der Waals surface area (Å²) in [4.78, 5) is 0.405. The van der Waals surface area contributed by atoms with E-state index in [0.717, 1.165) is 5.56 Å². The average Bonchev–Trinajstić information content (AvgIpc) is 2.51. The van der Waals surface area contributed by atoms with E-state index < -0.39 is 0 Å². The van der Waals surface area contributed by atoms with Gasteiger partial charge in [0.15, 0.2) is 5.75 Å². The lowest BCUT2D eigenvalue weighted by molar-refractivity contribution is -0.432. The Balaban J connectivity index is 2.80. The second-order valence-corrected chi connectivity index (χ2v) is 4.97. The zero-order valence-electron chi connectivity index (χ0n) is 12.1. The second kappa shape index (κ2) is 7.27. The van der Waals surface area contributed by atoms with Crippen molar-refractivity contribution in [1.29, 1.82) is 0 Å². The molecule has 2 aromatic rings. The Morgan fingerprint density at radius 3 is 2.36 bits per heavy atom. The zero-order chi connectivity index (χ0) is 16.1. The molecular weight excluding hydrogens is 308 g/mol. The van der Waals surface area contributed by atoms with Gasteiger partial charge in [-0.15, -0.1) is 4.33 Å². The van der Waals surface area contributed by atoms with Crippen molar-refractivity contribution >= 4 is 34.2 Å². The zero-order valence-corrected chi connectivity index (χ0v) is 13.0. The third-order valence-corrected chi connectivity index (χ3v) is 3.58. The molecular formula is C13H14N4O4S. The van der Waals surface area contributed by atoms with Gasteiger partial charge in [-0.1, -0.05) is 17.2 Å². The predicted octanol–water partition coefficient (Wildman–Crippen LogP) is 4.71. The number of rotatable bonds is 5. The van der Waals surface area contributed by atoms with E-state index in [1.54, 1.807) is 19.2 Å². The average molecular weight is 322 g/mol. The molecule has 0 aliphatic rings. The lowest BCUT2D eigenvalue weighted by atomic mass is 10.0. The van der Waals surface area contributed by atoms with E-state index >= 15 is 0 Å². The minimum absolute atomic E-state index is 0.0697. The molecule has 0 bridgehead atoms. The fraction of sp³-hybridized carbons (Fsp3) is 0.231. The molecule has 2 rings (SSSR count). The largest absolute Gasteiger partial charge is 0.505 e. The number of aryl methyl sites for hydroxylation is 1. The van der Waals surface area contributed by atoms with Crippen LogP contribution in [0.1, 0.15) is 5.56 Å². The van der Waals surface area contributed by atoms with Crippen LogP contribution in [-0.4, -0.2) is 24.5 Å². The van der Waals surface area contributed by atoms with E-state index in [-0.39, 0.29) is 11.4 Å². The van der Waals surface area contributed by atoms with Crippen LogP contribution in [0.5, 0.6) is 5.75 Å². The van der Waals surface area contributed by atoms with Gasteiger partial charge in [0, 0.05) is 24.9 Å². The molecule has 0 atom stereocenters. The molecule has 0 amide bonds. The number of phenols is 1. The summed E-state index contributed by atoms with van der Waals surface area (Å²) >= 11 is 0.690. The molecule has 8 nitrogen and oxygen atoms in total. The van der Waals surface area contributed by atoms with Gasteiger partial charge >= 0.3 is 0 Å². The number of aromatic hydroxyl groups is 1. The van der Waals surface area contributed by atoms with Crippen molar-refractivity contribution in [2.45, 2.75) is 11.8 Å². The minimum Gasteiger partial charge on any atom is -0.505 e. The summed E-state index contributed by atoms with van der Waals surface area (Å²) in [7, 11) is 3.05. The van der Waals surface area contributed by atoms with Crippen LogP contribution in [0.2, 0.25) is 0 Å². The molecule has 0 spiro atoms.